The van der Waals surface area contributed by atoms with E-state index in [0.29, 0.717) is 10.2 Å². The molecular weight excluding hydrogens is 327 g/mol. The van der Waals surface area contributed by atoms with E-state index in [9.17, 15) is 9.18 Å². The molecule has 0 fully saturated rings. The number of halogens is 2. The fourth-order valence-corrected chi connectivity index (χ4v) is 2.04. The average molecular weight is 341 g/mol. The first-order valence-electron chi connectivity index (χ1n) is 6.04. The lowest BCUT2D eigenvalue weighted by atomic mass is 10.2. The number of rotatable bonds is 3. The second kappa shape index (κ2) is 6.09. The maximum absolute atomic E-state index is 13.6. The summed E-state index contributed by atoms with van der Waals surface area (Å²) < 4.78 is 19.6. The van der Waals surface area contributed by atoms with Crippen LogP contribution in [0.5, 0.6) is 0 Å². The van der Waals surface area contributed by atoms with Gasteiger partial charge in [0.2, 0.25) is 0 Å². The van der Waals surface area contributed by atoms with Gasteiger partial charge in [0.05, 0.1) is 11.7 Å². The van der Waals surface area contributed by atoms with Crippen molar-refractivity contribution in [2.24, 2.45) is 0 Å². The lowest BCUT2D eigenvalue weighted by molar-refractivity contribution is 0.247. The van der Waals surface area contributed by atoms with Crippen LogP contribution in [-0.4, -0.2) is 6.03 Å². The molecule has 2 rings (SSSR count). The summed E-state index contributed by atoms with van der Waals surface area (Å²) in [5.41, 5.74) is 0.119. The molecule has 20 heavy (non-hydrogen) atoms. The highest BCUT2D eigenvalue weighted by atomic mass is 79.9. The van der Waals surface area contributed by atoms with Crippen molar-refractivity contribution in [2.75, 3.05) is 5.32 Å². The number of furan rings is 1. The lowest BCUT2D eigenvalue weighted by Gasteiger charge is -2.13. The lowest BCUT2D eigenvalue weighted by Crippen LogP contribution is -2.31. The monoisotopic (exact) mass is 340 g/mol. The molecule has 0 saturated carbocycles. The minimum atomic E-state index is -0.504. The van der Waals surface area contributed by atoms with Crippen molar-refractivity contribution >= 4 is 27.6 Å². The van der Waals surface area contributed by atoms with E-state index in [1.54, 1.807) is 19.1 Å². The largest absolute Gasteiger partial charge is 0.464 e. The molecule has 1 aromatic heterocycles. The maximum Gasteiger partial charge on any atom is 0.319 e. The molecule has 0 aliphatic rings. The third-order valence-corrected chi connectivity index (χ3v) is 3.21. The summed E-state index contributed by atoms with van der Waals surface area (Å²) in [6, 6.07) is 7.24. The summed E-state index contributed by atoms with van der Waals surface area (Å²) in [5, 5.41) is 5.13. The van der Waals surface area contributed by atoms with Crippen LogP contribution in [0.3, 0.4) is 0 Å². The van der Waals surface area contributed by atoms with E-state index in [-0.39, 0.29) is 11.7 Å². The zero-order valence-corrected chi connectivity index (χ0v) is 12.6. The van der Waals surface area contributed by atoms with Crippen LogP contribution in [0.25, 0.3) is 0 Å². The van der Waals surface area contributed by atoms with Crippen LogP contribution in [0.1, 0.15) is 24.5 Å². The molecule has 2 amide bonds. The molecule has 1 heterocycles. The minimum absolute atomic E-state index is 0.119. The number of hydrogen-bond donors (Lipinski definition) is 2. The summed E-state index contributed by atoms with van der Waals surface area (Å²) in [6.45, 7) is 3.61. The van der Waals surface area contributed by atoms with Gasteiger partial charge in [0.15, 0.2) is 0 Å². The quantitative estimate of drug-likeness (QED) is 0.871. The number of aryl methyl sites for hydroxylation is 1. The average Bonchev–Trinajstić information content (AvgIpc) is 2.79. The zero-order valence-electron chi connectivity index (χ0n) is 11.0. The van der Waals surface area contributed by atoms with Crippen molar-refractivity contribution in [1.82, 2.24) is 5.32 Å². The van der Waals surface area contributed by atoms with E-state index in [0.717, 1.165) is 5.76 Å². The van der Waals surface area contributed by atoms with Gasteiger partial charge in [-0.2, -0.15) is 0 Å². The number of hydrogen-bond acceptors (Lipinski definition) is 2. The molecule has 2 N–H and O–H groups in total. The Kier molecular flexibility index (Phi) is 4.44. The van der Waals surface area contributed by atoms with E-state index >= 15 is 0 Å². The summed E-state index contributed by atoms with van der Waals surface area (Å²) >= 11 is 3.15. The van der Waals surface area contributed by atoms with Crippen molar-refractivity contribution in [3.63, 3.8) is 0 Å². The Labute approximate surface area is 124 Å². The molecule has 1 unspecified atom stereocenters. The van der Waals surface area contributed by atoms with Crippen LogP contribution in [0.2, 0.25) is 0 Å². The molecule has 1 aromatic carbocycles. The highest BCUT2D eigenvalue weighted by molar-refractivity contribution is 9.10. The van der Waals surface area contributed by atoms with Gasteiger partial charge in [-0.05, 0) is 44.2 Å². The number of benzene rings is 1. The van der Waals surface area contributed by atoms with Crippen LogP contribution in [-0.2, 0) is 0 Å². The predicted molar refractivity (Wildman–Crippen MR) is 78.1 cm³/mol. The zero-order chi connectivity index (χ0) is 14.7. The van der Waals surface area contributed by atoms with E-state index in [1.807, 2.05) is 13.0 Å². The maximum atomic E-state index is 13.6. The van der Waals surface area contributed by atoms with Gasteiger partial charge in [0.1, 0.15) is 17.3 Å². The third-order valence-electron chi connectivity index (χ3n) is 2.71. The van der Waals surface area contributed by atoms with Crippen molar-refractivity contribution in [2.45, 2.75) is 19.9 Å². The van der Waals surface area contributed by atoms with E-state index in [2.05, 4.69) is 26.6 Å². The van der Waals surface area contributed by atoms with Crippen molar-refractivity contribution in [3.8, 4) is 0 Å². The molecular formula is C14H14BrFN2O2. The van der Waals surface area contributed by atoms with Crippen LogP contribution in [0, 0.1) is 12.7 Å². The number of anilines is 1. The van der Waals surface area contributed by atoms with Crippen molar-refractivity contribution in [3.05, 3.63) is 52.1 Å². The Morgan fingerprint density at radius 2 is 2.10 bits per heavy atom. The van der Waals surface area contributed by atoms with Crippen molar-refractivity contribution in [1.29, 1.82) is 0 Å². The Morgan fingerprint density at radius 3 is 2.70 bits per heavy atom. The van der Waals surface area contributed by atoms with Gasteiger partial charge in [0, 0.05) is 4.47 Å². The highest BCUT2D eigenvalue weighted by Gasteiger charge is 2.14. The molecule has 0 aliphatic carbocycles. The van der Waals surface area contributed by atoms with Crippen molar-refractivity contribution < 1.29 is 13.6 Å². The summed E-state index contributed by atoms with van der Waals surface area (Å²) in [6.07, 6.45) is 0. The van der Waals surface area contributed by atoms with E-state index in [1.165, 1.54) is 12.1 Å². The normalized spacial score (nSPS) is 12.0. The highest BCUT2D eigenvalue weighted by Crippen LogP contribution is 2.20. The molecule has 6 heteroatoms. The van der Waals surface area contributed by atoms with Gasteiger partial charge in [-0.1, -0.05) is 15.9 Å². The Bertz CT molecular complexity index is 627. The molecule has 0 spiro atoms. The number of nitrogens with one attached hydrogen (secondary N) is 2. The number of urea groups is 1. The first-order chi connectivity index (χ1) is 9.45. The van der Waals surface area contributed by atoms with Crippen LogP contribution < -0.4 is 10.6 Å². The summed E-state index contributed by atoms with van der Waals surface area (Å²) in [5.74, 6) is 0.915. The van der Waals surface area contributed by atoms with Gasteiger partial charge < -0.3 is 15.1 Å². The van der Waals surface area contributed by atoms with Crippen LogP contribution in [0.4, 0.5) is 14.9 Å². The van der Waals surface area contributed by atoms with Gasteiger partial charge in [-0.15, -0.1) is 0 Å². The Balaban J connectivity index is 1.98. The van der Waals surface area contributed by atoms with Gasteiger partial charge >= 0.3 is 6.03 Å². The summed E-state index contributed by atoms with van der Waals surface area (Å²) in [7, 11) is 0. The van der Waals surface area contributed by atoms with E-state index < -0.39 is 11.8 Å². The van der Waals surface area contributed by atoms with Gasteiger partial charge in [0.25, 0.3) is 0 Å². The molecule has 106 valence electrons. The topological polar surface area (TPSA) is 54.3 Å². The first kappa shape index (κ1) is 14.6. The van der Waals surface area contributed by atoms with Crippen LogP contribution in [0.15, 0.2) is 39.2 Å². The third kappa shape index (κ3) is 3.60. The smallest absolute Gasteiger partial charge is 0.319 e. The van der Waals surface area contributed by atoms with Crippen LogP contribution >= 0.6 is 15.9 Å². The molecule has 0 aliphatic heterocycles. The second-order valence-electron chi connectivity index (χ2n) is 4.39. The fourth-order valence-electron chi connectivity index (χ4n) is 1.70. The first-order valence-corrected chi connectivity index (χ1v) is 6.84. The standard InChI is InChI=1S/C14H14BrFN2O2/c1-8-3-6-13(20-8)9(2)17-14(19)18-12-5-4-10(15)7-11(12)16/h3-7,9H,1-2H3,(H2,17,18,19). The SMILES string of the molecule is Cc1ccc(C(C)NC(=O)Nc2ccc(Br)cc2F)o1. The Hall–Kier alpha value is -1.82. The molecule has 0 radical (unpaired) electrons. The second-order valence-corrected chi connectivity index (χ2v) is 5.31. The minimum Gasteiger partial charge on any atom is -0.464 e. The molecule has 1 atom stereocenters. The molecule has 0 saturated heterocycles. The van der Waals surface area contributed by atoms with E-state index in [4.69, 9.17) is 4.42 Å². The Morgan fingerprint density at radius 1 is 1.35 bits per heavy atom. The fraction of sp³-hybridized carbons (Fsp3) is 0.214. The molecule has 0 bridgehead atoms. The number of amides is 2. The number of carbonyl (C=O) groups excluding carboxylic acids is 1. The van der Waals surface area contributed by atoms with Gasteiger partial charge in [-0.25, -0.2) is 9.18 Å². The van der Waals surface area contributed by atoms with Gasteiger partial charge in [-0.3, -0.25) is 0 Å². The number of carbonyl (C=O) groups is 1. The predicted octanol–water partition coefficient (Wildman–Crippen LogP) is 4.37. The molecule has 4 nitrogen and oxygen atoms in total. The summed E-state index contributed by atoms with van der Waals surface area (Å²) in [4.78, 5) is 11.8. The molecule has 2 aromatic rings.